The van der Waals surface area contributed by atoms with Crippen molar-refractivity contribution in [2.45, 2.75) is 13.0 Å². The number of thiophene rings is 1. The van der Waals surface area contributed by atoms with Crippen molar-refractivity contribution < 1.29 is 9.21 Å². The third kappa shape index (κ3) is 3.03. The summed E-state index contributed by atoms with van der Waals surface area (Å²) in [5.41, 5.74) is 0. The molecule has 1 N–H and O–H groups in total. The van der Waals surface area contributed by atoms with Gasteiger partial charge in [-0.3, -0.25) is 4.79 Å². The lowest BCUT2D eigenvalue weighted by Gasteiger charge is -2.10. The molecule has 1 amide bonds. The van der Waals surface area contributed by atoms with Crippen molar-refractivity contribution >= 4 is 40.4 Å². The van der Waals surface area contributed by atoms with E-state index in [9.17, 15) is 4.79 Å². The van der Waals surface area contributed by atoms with E-state index in [4.69, 9.17) is 27.6 Å². The number of carbonyl (C=O) groups excluding carboxylic acids is 1. The maximum absolute atomic E-state index is 11.8. The molecule has 2 rings (SSSR count). The Labute approximate surface area is 112 Å². The molecule has 0 saturated heterocycles. The smallest absolute Gasteiger partial charge is 0.287 e. The number of carbonyl (C=O) groups is 1. The highest BCUT2D eigenvalue weighted by Gasteiger charge is 2.15. The van der Waals surface area contributed by atoms with Gasteiger partial charge in [-0.1, -0.05) is 11.6 Å². The summed E-state index contributed by atoms with van der Waals surface area (Å²) in [6.07, 6.45) is 0. The van der Waals surface area contributed by atoms with Gasteiger partial charge in [0.05, 0.1) is 10.4 Å². The SMILES string of the molecule is CC(NC(=O)c1ccc(Cl)o1)c1ccc(Cl)s1. The lowest BCUT2D eigenvalue weighted by Crippen LogP contribution is -2.25. The van der Waals surface area contributed by atoms with Gasteiger partial charge in [-0.05, 0) is 42.8 Å². The van der Waals surface area contributed by atoms with Gasteiger partial charge in [0.25, 0.3) is 5.91 Å². The Balaban J connectivity index is 2.04. The van der Waals surface area contributed by atoms with Crippen molar-refractivity contribution in [3.05, 3.63) is 44.5 Å². The fourth-order valence-electron chi connectivity index (χ4n) is 1.34. The Morgan fingerprint density at radius 2 is 2.12 bits per heavy atom. The molecule has 2 aromatic heterocycles. The van der Waals surface area contributed by atoms with Gasteiger partial charge in [0, 0.05) is 4.88 Å². The second-order valence-corrected chi connectivity index (χ2v) is 5.56. The van der Waals surface area contributed by atoms with Crippen LogP contribution in [-0.2, 0) is 0 Å². The van der Waals surface area contributed by atoms with E-state index < -0.39 is 0 Å². The van der Waals surface area contributed by atoms with Crippen LogP contribution in [-0.4, -0.2) is 5.91 Å². The van der Waals surface area contributed by atoms with Crippen LogP contribution < -0.4 is 5.32 Å². The number of rotatable bonds is 3. The molecule has 0 fully saturated rings. The molecule has 2 heterocycles. The third-order valence-corrected chi connectivity index (χ3v) is 3.78. The van der Waals surface area contributed by atoms with Crippen LogP contribution in [0.4, 0.5) is 0 Å². The molecule has 1 atom stereocenters. The molecule has 90 valence electrons. The molecule has 0 aliphatic heterocycles. The minimum Gasteiger partial charge on any atom is -0.440 e. The molecule has 0 aliphatic carbocycles. The molecule has 0 saturated carbocycles. The van der Waals surface area contributed by atoms with Gasteiger partial charge in [-0.2, -0.15) is 0 Å². The number of amides is 1. The van der Waals surface area contributed by atoms with Crippen molar-refractivity contribution in [3.8, 4) is 0 Å². The van der Waals surface area contributed by atoms with E-state index in [-0.39, 0.29) is 22.9 Å². The first-order chi connectivity index (χ1) is 8.06. The first kappa shape index (κ1) is 12.5. The average Bonchev–Trinajstić information content (AvgIpc) is 2.87. The van der Waals surface area contributed by atoms with Crippen LogP contribution >= 0.6 is 34.5 Å². The van der Waals surface area contributed by atoms with Gasteiger partial charge in [0.15, 0.2) is 11.0 Å². The summed E-state index contributed by atoms with van der Waals surface area (Å²) >= 11 is 12.9. The predicted molar refractivity (Wildman–Crippen MR) is 68.9 cm³/mol. The lowest BCUT2D eigenvalue weighted by atomic mass is 10.2. The first-order valence-corrected chi connectivity index (χ1v) is 6.45. The molecular weight excluding hydrogens is 281 g/mol. The molecule has 0 bridgehead atoms. The van der Waals surface area contributed by atoms with Gasteiger partial charge in [0.1, 0.15) is 0 Å². The van der Waals surface area contributed by atoms with E-state index in [1.54, 1.807) is 6.07 Å². The van der Waals surface area contributed by atoms with Crippen LogP contribution in [0.2, 0.25) is 9.56 Å². The maximum Gasteiger partial charge on any atom is 0.287 e. The number of hydrogen-bond acceptors (Lipinski definition) is 3. The molecule has 17 heavy (non-hydrogen) atoms. The average molecular weight is 290 g/mol. The molecule has 0 spiro atoms. The molecular formula is C11H9Cl2NO2S. The molecule has 0 aliphatic rings. The largest absolute Gasteiger partial charge is 0.440 e. The predicted octanol–water partition coefficient (Wildman–Crippen LogP) is 4.14. The highest BCUT2D eigenvalue weighted by molar-refractivity contribution is 7.16. The van der Waals surface area contributed by atoms with E-state index in [1.165, 1.54) is 23.5 Å². The number of nitrogens with one attached hydrogen (secondary N) is 1. The Hall–Kier alpha value is -0.970. The summed E-state index contributed by atoms with van der Waals surface area (Å²) < 4.78 is 5.71. The van der Waals surface area contributed by atoms with Crippen molar-refractivity contribution in [3.63, 3.8) is 0 Å². The summed E-state index contributed by atoms with van der Waals surface area (Å²) in [5.74, 6) is -0.0987. The second kappa shape index (κ2) is 5.12. The van der Waals surface area contributed by atoms with Crippen molar-refractivity contribution in [1.82, 2.24) is 5.32 Å². The number of halogens is 2. The van der Waals surface area contributed by atoms with Crippen LogP contribution in [0, 0.1) is 0 Å². The van der Waals surface area contributed by atoms with E-state index in [0.717, 1.165) is 4.88 Å². The van der Waals surface area contributed by atoms with Crippen molar-refractivity contribution in [1.29, 1.82) is 0 Å². The maximum atomic E-state index is 11.8. The van der Waals surface area contributed by atoms with Crippen LogP contribution in [0.5, 0.6) is 0 Å². The zero-order valence-electron chi connectivity index (χ0n) is 8.87. The lowest BCUT2D eigenvalue weighted by molar-refractivity contribution is 0.0912. The quantitative estimate of drug-likeness (QED) is 0.923. The second-order valence-electron chi connectivity index (χ2n) is 3.44. The van der Waals surface area contributed by atoms with Gasteiger partial charge in [-0.25, -0.2) is 0 Å². The fraction of sp³-hybridized carbons (Fsp3) is 0.182. The Kier molecular flexibility index (Phi) is 3.76. The van der Waals surface area contributed by atoms with Gasteiger partial charge in [-0.15, -0.1) is 11.3 Å². The van der Waals surface area contributed by atoms with Gasteiger partial charge < -0.3 is 9.73 Å². The van der Waals surface area contributed by atoms with Gasteiger partial charge in [0.2, 0.25) is 0 Å². The summed E-state index contributed by atoms with van der Waals surface area (Å²) in [4.78, 5) is 12.7. The highest BCUT2D eigenvalue weighted by Crippen LogP contribution is 2.26. The van der Waals surface area contributed by atoms with Crippen molar-refractivity contribution in [2.24, 2.45) is 0 Å². The topological polar surface area (TPSA) is 42.2 Å². The summed E-state index contributed by atoms with van der Waals surface area (Å²) in [6.45, 7) is 1.88. The normalized spacial score (nSPS) is 12.4. The van der Waals surface area contributed by atoms with Gasteiger partial charge >= 0.3 is 0 Å². The van der Waals surface area contributed by atoms with Crippen LogP contribution in [0.25, 0.3) is 0 Å². The Morgan fingerprint density at radius 3 is 2.65 bits per heavy atom. The van der Waals surface area contributed by atoms with Crippen LogP contribution in [0.1, 0.15) is 28.4 Å². The number of hydrogen-bond donors (Lipinski definition) is 1. The van der Waals surface area contributed by atoms with E-state index >= 15 is 0 Å². The molecule has 1 unspecified atom stereocenters. The Bertz CT molecular complexity index is 535. The monoisotopic (exact) mass is 289 g/mol. The standard InChI is InChI=1S/C11H9Cl2NO2S/c1-6(8-3-5-10(13)17-8)14-11(15)7-2-4-9(12)16-7/h2-6H,1H3,(H,14,15). The third-order valence-electron chi connectivity index (χ3n) is 2.17. The van der Waals surface area contributed by atoms with E-state index in [1.807, 2.05) is 13.0 Å². The summed E-state index contributed by atoms with van der Waals surface area (Å²) in [5, 5.41) is 3.00. The van der Waals surface area contributed by atoms with Crippen molar-refractivity contribution in [2.75, 3.05) is 0 Å². The molecule has 0 aromatic carbocycles. The first-order valence-electron chi connectivity index (χ1n) is 4.87. The Morgan fingerprint density at radius 1 is 1.35 bits per heavy atom. The molecule has 6 heteroatoms. The summed E-state index contributed by atoms with van der Waals surface area (Å²) in [6, 6.07) is 6.62. The fourth-order valence-corrected chi connectivity index (χ4v) is 2.55. The highest BCUT2D eigenvalue weighted by atomic mass is 35.5. The minimum absolute atomic E-state index is 0.121. The zero-order chi connectivity index (χ0) is 12.4. The van der Waals surface area contributed by atoms with Crippen LogP contribution in [0.15, 0.2) is 28.7 Å². The minimum atomic E-state index is -0.297. The molecule has 3 nitrogen and oxygen atoms in total. The zero-order valence-corrected chi connectivity index (χ0v) is 11.2. The van der Waals surface area contributed by atoms with Crippen LogP contribution in [0.3, 0.4) is 0 Å². The molecule has 0 radical (unpaired) electrons. The number of furan rings is 1. The molecule has 2 aromatic rings. The van der Waals surface area contributed by atoms with E-state index in [2.05, 4.69) is 5.32 Å². The van der Waals surface area contributed by atoms with E-state index in [0.29, 0.717) is 4.34 Å². The summed E-state index contributed by atoms with van der Waals surface area (Å²) in [7, 11) is 0.